The van der Waals surface area contributed by atoms with Crippen LogP contribution in [-0.2, 0) is 12.0 Å². The Morgan fingerprint density at radius 1 is 1.14 bits per heavy atom. The number of nitrogens with zero attached hydrogens (tertiary/aromatic N) is 2. The molecule has 1 rings (SSSR count). The number of aromatic nitrogens is 1. The van der Waals surface area contributed by atoms with Crippen LogP contribution >= 0.6 is 0 Å². The third-order valence-electron chi connectivity index (χ3n) is 4.07. The Hall–Kier alpha value is -1.09. The van der Waals surface area contributed by atoms with Crippen LogP contribution in [0, 0.1) is 0 Å². The highest BCUT2D eigenvalue weighted by Crippen LogP contribution is 2.26. The lowest BCUT2D eigenvalue weighted by Crippen LogP contribution is -2.32. The van der Waals surface area contributed by atoms with E-state index in [0.717, 1.165) is 31.7 Å². The molecule has 0 amide bonds. The van der Waals surface area contributed by atoms with Crippen LogP contribution in [0.3, 0.4) is 0 Å². The molecule has 0 fully saturated rings. The summed E-state index contributed by atoms with van der Waals surface area (Å²) in [5, 5.41) is 3.42. The van der Waals surface area contributed by atoms with Gasteiger partial charge in [-0.25, -0.2) is 4.98 Å². The van der Waals surface area contributed by atoms with Gasteiger partial charge in [-0.15, -0.1) is 0 Å². The minimum absolute atomic E-state index is 0.0751. The number of nitrogens with one attached hydrogen (secondary N) is 1. The third-order valence-corrected chi connectivity index (χ3v) is 4.07. The van der Waals surface area contributed by atoms with Crippen LogP contribution in [0.5, 0.6) is 0 Å². The lowest BCUT2D eigenvalue weighted by Gasteiger charge is -2.29. The maximum Gasteiger partial charge on any atom is 0.129 e. The van der Waals surface area contributed by atoms with Crippen molar-refractivity contribution in [3.05, 3.63) is 23.4 Å². The first kappa shape index (κ1) is 18.0. The van der Waals surface area contributed by atoms with Crippen molar-refractivity contribution in [2.45, 2.75) is 72.4 Å². The fraction of sp³-hybridized carbons (Fsp3) is 0.722. The molecule has 0 radical (unpaired) electrons. The van der Waals surface area contributed by atoms with Gasteiger partial charge in [0.1, 0.15) is 5.82 Å². The monoisotopic (exact) mass is 291 g/mol. The van der Waals surface area contributed by atoms with E-state index in [4.69, 9.17) is 4.98 Å². The van der Waals surface area contributed by atoms with Crippen LogP contribution in [0.4, 0.5) is 5.82 Å². The Balaban J connectivity index is 3.17. The first-order valence-electron chi connectivity index (χ1n) is 8.28. The summed E-state index contributed by atoms with van der Waals surface area (Å²) >= 11 is 0. The number of anilines is 1. The molecule has 0 spiro atoms. The Labute approximate surface area is 131 Å². The van der Waals surface area contributed by atoms with Crippen molar-refractivity contribution >= 4 is 5.82 Å². The summed E-state index contributed by atoms with van der Waals surface area (Å²) in [5.41, 5.74) is 2.57. The van der Waals surface area contributed by atoms with E-state index in [-0.39, 0.29) is 5.41 Å². The van der Waals surface area contributed by atoms with Gasteiger partial charge in [0, 0.05) is 30.7 Å². The lowest BCUT2D eigenvalue weighted by molar-refractivity contribution is 0.555. The average Bonchev–Trinajstić information content (AvgIpc) is 2.45. The molecule has 1 heterocycles. The molecule has 0 atom stereocenters. The van der Waals surface area contributed by atoms with Crippen LogP contribution in [0.1, 0.15) is 65.6 Å². The first-order chi connectivity index (χ1) is 9.83. The summed E-state index contributed by atoms with van der Waals surface area (Å²) in [7, 11) is 2.17. The highest BCUT2D eigenvalue weighted by molar-refractivity contribution is 5.44. The Bertz CT molecular complexity index is 431. The van der Waals surface area contributed by atoms with Crippen molar-refractivity contribution in [2.24, 2.45) is 0 Å². The van der Waals surface area contributed by atoms with Gasteiger partial charge in [0.15, 0.2) is 0 Å². The van der Waals surface area contributed by atoms with E-state index in [9.17, 15) is 0 Å². The normalized spacial score (nSPS) is 12.0. The third kappa shape index (κ3) is 4.99. The predicted molar refractivity (Wildman–Crippen MR) is 93.1 cm³/mol. The number of hydrogen-bond acceptors (Lipinski definition) is 3. The summed E-state index contributed by atoms with van der Waals surface area (Å²) < 4.78 is 0. The van der Waals surface area contributed by atoms with Gasteiger partial charge in [-0.05, 0) is 37.1 Å². The Kier molecular flexibility index (Phi) is 6.66. The molecule has 0 aliphatic carbocycles. The van der Waals surface area contributed by atoms with Gasteiger partial charge in [0.2, 0.25) is 0 Å². The van der Waals surface area contributed by atoms with Crippen molar-refractivity contribution in [1.29, 1.82) is 0 Å². The van der Waals surface area contributed by atoms with Crippen molar-refractivity contribution in [1.82, 2.24) is 10.3 Å². The molecule has 0 unspecified atom stereocenters. The second kappa shape index (κ2) is 7.79. The van der Waals surface area contributed by atoms with Gasteiger partial charge in [0.25, 0.3) is 0 Å². The van der Waals surface area contributed by atoms with E-state index < -0.39 is 0 Å². The van der Waals surface area contributed by atoms with Crippen molar-refractivity contribution < 1.29 is 0 Å². The fourth-order valence-corrected chi connectivity index (χ4v) is 2.53. The molecule has 0 saturated heterocycles. The molecular formula is C18H33N3. The van der Waals surface area contributed by atoms with Gasteiger partial charge >= 0.3 is 0 Å². The molecule has 1 aromatic rings. The molecule has 21 heavy (non-hydrogen) atoms. The van der Waals surface area contributed by atoms with Gasteiger partial charge < -0.3 is 10.2 Å². The van der Waals surface area contributed by atoms with Gasteiger partial charge in [-0.2, -0.15) is 0 Å². The molecule has 1 N–H and O–H groups in total. The zero-order chi connectivity index (χ0) is 16.0. The zero-order valence-corrected chi connectivity index (χ0v) is 15.0. The van der Waals surface area contributed by atoms with Crippen LogP contribution in [-0.4, -0.2) is 24.6 Å². The zero-order valence-electron chi connectivity index (χ0n) is 15.0. The topological polar surface area (TPSA) is 28.2 Å². The molecule has 120 valence electrons. The maximum atomic E-state index is 4.93. The summed E-state index contributed by atoms with van der Waals surface area (Å²) in [4.78, 5) is 7.27. The first-order valence-corrected chi connectivity index (χ1v) is 8.28. The van der Waals surface area contributed by atoms with Gasteiger partial charge in [-0.3, -0.25) is 0 Å². The molecule has 0 saturated carbocycles. The SMILES string of the molecule is CCNCc1cc(N(C)C(CC)CC)nc(C(C)(C)C)c1. The number of pyridine rings is 1. The van der Waals surface area contributed by atoms with E-state index in [0.29, 0.717) is 6.04 Å². The Morgan fingerprint density at radius 3 is 2.24 bits per heavy atom. The molecule has 3 nitrogen and oxygen atoms in total. The standard InChI is InChI=1S/C18H33N3/c1-8-15(9-2)21(7)17-12-14(13-19-10-3)11-16(20-17)18(4,5)6/h11-12,15,19H,8-10,13H2,1-7H3. The second-order valence-corrected chi connectivity index (χ2v) is 6.83. The van der Waals surface area contributed by atoms with Gasteiger partial charge in [0.05, 0.1) is 0 Å². The average molecular weight is 291 g/mol. The van der Waals surface area contributed by atoms with E-state index in [1.54, 1.807) is 0 Å². The van der Waals surface area contributed by atoms with Crippen LogP contribution in [0.2, 0.25) is 0 Å². The number of hydrogen-bond donors (Lipinski definition) is 1. The summed E-state index contributed by atoms with van der Waals surface area (Å²) in [6.45, 7) is 15.2. The maximum absolute atomic E-state index is 4.93. The van der Waals surface area contributed by atoms with Crippen LogP contribution in [0.25, 0.3) is 0 Å². The van der Waals surface area contributed by atoms with Gasteiger partial charge in [-0.1, -0.05) is 41.5 Å². The molecule has 0 aliphatic heterocycles. The predicted octanol–water partition coefficient (Wildman–Crippen LogP) is 4.11. The van der Waals surface area contributed by atoms with E-state index >= 15 is 0 Å². The minimum atomic E-state index is 0.0751. The smallest absolute Gasteiger partial charge is 0.129 e. The van der Waals surface area contributed by atoms with E-state index in [2.05, 4.69) is 70.9 Å². The van der Waals surface area contributed by atoms with Crippen molar-refractivity contribution in [3.8, 4) is 0 Å². The summed E-state index contributed by atoms with van der Waals surface area (Å²) in [6.07, 6.45) is 2.30. The molecule has 0 aliphatic rings. The van der Waals surface area contributed by atoms with E-state index in [1.165, 1.54) is 11.3 Å². The van der Waals surface area contributed by atoms with E-state index in [1.807, 2.05) is 0 Å². The second-order valence-electron chi connectivity index (χ2n) is 6.83. The molecule has 0 aromatic carbocycles. The lowest BCUT2D eigenvalue weighted by atomic mass is 9.90. The van der Waals surface area contributed by atoms with Crippen LogP contribution in [0.15, 0.2) is 12.1 Å². The quantitative estimate of drug-likeness (QED) is 0.819. The van der Waals surface area contributed by atoms with Crippen LogP contribution < -0.4 is 10.2 Å². The fourth-order valence-electron chi connectivity index (χ4n) is 2.53. The molecular weight excluding hydrogens is 258 g/mol. The highest BCUT2D eigenvalue weighted by Gasteiger charge is 2.20. The largest absolute Gasteiger partial charge is 0.357 e. The highest BCUT2D eigenvalue weighted by atomic mass is 15.2. The number of rotatable bonds is 7. The van der Waals surface area contributed by atoms with Crippen molar-refractivity contribution in [2.75, 3.05) is 18.5 Å². The molecule has 3 heteroatoms. The summed E-state index contributed by atoms with van der Waals surface area (Å²) in [5.74, 6) is 1.10. The minimum Gasteiger partial charge on any atom is -0.357 e. The summed E-state index contributed by atoms with van der Waals surface area (Å²) in [6, 6.07) is 5.03. The molecule has 1 aromatic heterocycles. The van der Waals surface area contributed by atoms with Crippen molar-refractivity contribution in [3.63, 3.8) is 0 Å². The molecule has 0 bridgehead atoms. The Morgan fingerprint density at radius 2 is 1.76 bits per heavy atom.